The Balaban J connectivity index is 3.41. The zero-order valence-corrected chi connectivity index (χ0v) is 8.40. The summed E-state index contributed by atoms with van der Waals surface area (Å²) in [6, 6.07) is 0. The largest absolute Gasteiger partial charge is 0.481 e. The summed E-state index contributed by atoms with van der Waals surface area (Å²) in [5, 5.41) is 8.29. The number of rotatable bonds is 8. The van der Waals surface area contributed by atoms with Gasteiger partial charge in [0, 0.05) is 12.8 Å². The van der Waals surface area contributed by atoms with Gasteiger partial charge in [-0.25, -0.2) is 0 Å². The minimum Gasteiger partial charge on any atom is -0.481 e. The van der Waals surface area contributed by atoms with Gasteiger partial charge in [-0.15, -0.1) is 0 Å². The van der Waals surface area contributed by atoms with E-state index in [1.165, 1.54) is 0 Å². The summed E-state index contributed by atoms with van der Waals surface area (Å²) >= 11 is 0. The number of ether oxygens (including phenoxy) is 1. The highest BCUT2D eigenvalue weighted by atomic mass is 16.5. The van der Waals surface area contributed by atoms with Crippen molar-refractivity contribution < 1.29 is 24.2 Å². The molecule has 0 aromatic rings. The predicted octanol–water partition coefficient (Wildman–Crippen LogP) is -0.298. The molecule has 6 nitrogen and oxygen atoms in total. The van der Waals surface area contributed by atoms with Gasteiger partial charge in [-0.2, -0.15) is 0 Å². The van der Waals surface area contributed by atoms with E-state index in [1.54, 1.807) is 0 Å². The fraction of sp³-hybridized carbons (Fsp3) is 0.667. The van der Waals surface area contributed by atoms with Gasteiger partial charge in [0.05, 0.1) is 19.6 Å². The van der Waals surface area contributed by atoms with E-state index in [0.29, 0.717) is 0 Å². The molecule has 0 aromatic heterocycles. The van der Waals surface area contributed by atoms with Gasteiger partial charge in [-0.1, -0.05) is 0 Å². The minimum atomic E-state index is -0.927. The van der Waals surface area contributed by atoms with Crippen LogP contribution in [0.5, 0.6) is 0 Å². The predicted molar refractivity (Wildman–Crippen MR) is 51.1 cm³/mol. The fourth-order valence-electron chi connectivity index (χ4n) is 0.825. The van der Waals surface area contributed by atoms with Crippen LogP contribution in [0.3, 0.4) is 0 Å². The summed E-state index contributed by atoms with van der Waals surface area (Å²) < 4.78 is 4.69. The number of aliphatic carboxylic acids is 1. The second-order valence-corrected chi connectivity index (χ2v) is 2.96. The lowest BCUT2D eigenvalue weighted by molar-refractivity contribution is -0.146. The standard InChI is InChI=1S/C9H15NO5/c10-6-7(11)3-4-9(14)15-5-1-2-8(12)13/h1-6,10H2,(H,12,13). The van der Waals surface area contributed by atoms with E-state index >= 15 is 0 Å². The molecule has 3 N–H and O–H groups in total. The molecule has 0 aliphatic carbocycles. The van der Waals surface area contributed by atoms with Crippen LogP contribution in [0.4, 0.5) is 0 Å². The molecule has 6 heteroatoms. The van der Waals surface area contributed by atoms with Crippen LogP contribution >= 0.6 is 0 Å². The van der Waals surface area contributed by atoms with Crippen molar-refractivity contribution in [3.8, 4) is 0 Å². The molecular formula is C9H15NO5. The number of Topliss-reactive ketones (excluding diaryl/α,β-unsaturated/α-hetero) is 1. The van der Waals surface area contributed by atoms with Crippen LogP contribution in [-0.2, 0) is 19.1 Å². The van der Waals surface area contributed by atoms with Crippen molar-refractivity contribution in [3.63, 3.8) is 0 Å². The number of carbonyl (C=O) groups is 3. The molecule has 0 saturated heterocycles. The van der Waals surface area contributed by atoms with Crippen LogP contribution in [0.2, 0.25) is 0 Å². The average molecular weight is 217 g/mol. The van der Waals surface area contributed by atoms with Gasteiger partial charge in [0.25, 0.3) is 0 Å². The summed E-state index contributed by atoms with van der Waals surface area (Å²) in [7, 11) is 0. The summed E-state index contributed by atoms with van der Waals surface area (Å²) in [6.45, 7) is -0.00571. The van der Waals surface area contributed by atoms with E-state index in [9.17, 15) is 14.4 Å². The number of carboxylic acid groups (broad SMARTS) is 1. The molecule has 0 atom stereocenters. The number of hydrogen-bond donors (Lipinski definition) is 2. The molecule has 86 valence electrons. The second kappa shape index (κ2) is 7.93. The van der Waals surface area contributed by atoms with Crippen molar-refractivity contribution in [1.82, 2.24) is 0 Å². The number of hydrogen-bond acceptors (Lipinski definition) is 5. The van der Waals surface area contributed by atoms with Gasteiger partial charge >= 0.3 is 11.9 Å². The van der Waals surface area contributed by atoms with Crippen molar-refractivity contribution >= 4 is 17.7 Å². The number of ketones is 1. The first-order valence-electron chi connectivity index (χ1n) is 4.65. The summed E-state index contributed by atoms with van der Waals surface area (Å²) in [5.74, 6) is -1.62. The van der Waals surface area contributed by atoms with E-state index in [1.807, 2.05) is 0 Å². The first-order chi connectivity index (χ1) is 7.06. The van der Waals surface area contributed by atoms with Crippen molar-refractivity contribution in [2.75, 3.05) is 13.2 Å². The molecule has 0 unspecified atom stereocenters. The van der Waals surface area contributed by atoms with Gasteiger partial charge in [0.2, 0.25) is 0 Å². The van der Waals surface area contributed by atoms with E-state index in [0.717, 1.165) is 0 Å². The number of carboxylic acids is 1. The van der Waals surface area contributed by atoms with E-state index in [4.69, 9.17) is 15.6 Å². The van der Waals surface area contributed by atoms with Crippen LogP contribution in [-0.4, -0.2) is 36.0 Å². The Labute approximate surface area is 87.4 Å². The highest BCUT2D eigenvalue weighted by Crippen LogP contribution is 1.96. The second-order valence-electron chi connectivity index (χ2n) is 2.96. The molecule has 0 saturated carbocycles. The normalized spacial score (nSPS) is 9.67. The zero-order valence-electron chi connectivity index (χ0n) is 8.40. The van der Waals surface area contributed by atoms with Crippen LogP contribution < -0.4 is 5.73 Å². The van der Waals surface area contributed by atoms with Crippen molar-refractivity contribution in [1.29, 1.82) is 0 Å². The Bertz CT molecular complexity index is 239. The number of carbonyl (C=O) groups excluding carboxylic acids is 2. The summed E-state index contributed by atoms with van der Waals surface area (Å²) in [6.07, 6.45) is 0.332. The Morgan fingerprint density at radius 1 is 1.13 bits per heavy atom. The van der Waals surface area contributed by atoms with Crippen LogP contribution in [0.25, 0.3) is 0 Å². The molecule has 0 aromatic carbocycles. The van der Waals surface area contributed by atoms with Crippen molar-refractivity contribution in [2.24, 2.45) is 5.73 Å². The molecular weight excluding hydrogens is 202 g/mol. The Morgan fingerprint density at radius 2 is 1.80 bits per heavy atom. The first kappa shape index (κ1) is 13.6. The van der Waals surface area contributed by atoms with Crippen molar-refractivity contribution in [2.45, 2.75) is 25.7 Å². The topological polar surface area (TPSA) is 107 Å². The monoisotopic (exact) mass is 217 g/mol. The van der Waals surface area contributed by atoms with E-state index in [2.05, 4.69) is 0 Å². The molecule has 0 rings (SSSR count). The quantitative estimate of drug-likeness (QED) is 0.427. The highest BCUT2D eigenvalue weighted by Gasteiger charge is 2.06. The minimum absolute atomic E-state index is 0.00308. The lowest BCUT2D eigenvalue weighted by Crippen LogP contribution is -2.15. The van der Waals surface area contributed by atoms with Crippen LogP contribution in [0.1, 0.15) is 25.7 Å². The molecule has 0 radical (unpaired) electrons. The molecule has 0 amide bonds. The zero-order chi connectivity index (χ0) is 11.7. The molecule has 15 heavy (non-hydrogen) atoms. The molecule has 0 bridgehead atoms. The van der Waals surface area contributed by atoms with Gasteiger partial charge in [0.15, 0.2) is 0 Å². The van der Waals surface area contributed by atoms with Gasteiger partial charge in [0.1, 0.15) is 5.78 Å². The maximum Gasteiger partial charge on any atom is 0.306 e. The third-order valence-electron chi connectivity index (χ3n) is 1.63. The molecule has 0 fully saturated rings. The first-order valence-corrected chi connectivity index (χ1v) is 4.65. The third-order valence-corrected chi connectivity index (χ3v) is 1.63. The van der Waals surface area contributed by atoms with E-state index < -0.39 is 11.9 Å². The van der Waals surface area contributed by atoms with Crippen LogP contribution in [0, 0.1) is 0 Å². The number of esters is 1. The third kappa shape index (κ3) is 8.89. The SMILES string of the molecule is NCC(=O)CCC(=O)OCCCC(=O)O. The van der Waals surface area contributed by atoms with Gasteiger partial charge in [-0.3, -0.25) is 14.4 Å². The Hall–Kier alpha value is -1.43. The Kier molecular flexibility index (Phi) is 7.17. The molecule has 0 heterocycles. The molecule has 0 spiro atoms. The summed E-state index contributed by atoms with van der Waals surface area (Å²) in [4.78, 5) is 31.8. The van der Waals surface area contributed by atoms with Gasteiger partial charge in [-0.05, 0) is 6.42 Å². The van der Waals surface area contributed by atoms with E-state index in [-0.39, 0.29) is 44.6 Å². The summed E-state index contributed by atoms with van der Waals surface area (Å²) in [5.41, 5.74) is 5.05. The Morgan fingerprint density at radius 3 is 2.33 bits per heavy atom. The number of nitrogens with two attached hydrogens (primary N) is 1. The molecule has 0 aliphatic rings. The van der Waals surface area contributed by atoms with Crippen LogP contribution in [0.15, 0.2) is 0 Å². The average Bonchev–Trinajstić information content (AvgIpc) is 2.20. The smallest absolute Gasteiger partial charge is 0.306 e. The highest BCUT2D eigenvalue weighted by molar-refractivity contribution is 5.84. The van der Waals surface area contributed by atoms with Gasteiger partial charge < -0.3 is 15.6 Å². The fourth-order valence-corrected chi connectivity index (χ4v) is 0.825. The lowest BCUT2D eigenvalue weighted by atomic mass is 10.2. The maximum absolute atomic E-state index is 10.9. The van der Waals surface area contributed by atoms with Crippen molar-refractivity contribution in [3.05, 3.63) is 0 Å². The molecule has 0 aliphatic heterocycles. The maximum atomic E-state index is 10.9. The lowest BCUT2D eigenvalue weighted by Gasteiger charge is -2.02.